The molecule has 0 spiro atoms. The summed E-state index contributed by atoms with van der Waals surface area (Å²) < 4.78 is 0. The molecule has 0 radical (unpaired) electrons. The maximum Gasteiger partial charge on any atom is 0.107 e. The lowest BCUT2D eigenvalue weighted by molar-refractivity contribution is 0.0677. The molecular formula is C6H11BS. The van der Waals surface area contributed by atoms with Gasteiger partial charge < -0.3 is 0 Å². The van der Waals surface area contributed by atoms with Crippen molar-refractivity contribution in [3.05, 3.63) is 0 Å². The lowest BCUT2D eigenvalue weighted by Gasteiger charge is -2.57. The summed E-state index contributed by atoms with van der Waals surface area (Å²) in [5, 5.41) is 0.758. The summed E-state index contributed by atoms with van der Waals surface area (Å²) >= 11 is 4.49. The second-order valence-electron chi connectivity index (χ2n) is 3.25. The molecule has 0 nitrogen and oxygen atoms in total. The summed E-state index contributed by atoms with van der Waals surface area (Å²) in [7, 11) is 2.33. The molecule has 0 aromatic heterocycles. The van der Waals surface area contributed by atoms with Crippen molar-refractivity contribution in [1.82, 2.24) is 0 Å². The Morgan fingerprint density at radius 1 is 1.25 bits per heavy atom. The minimum Gasteiger partial charge on any atom is -0.176 e. The molecule has 2 aliphatic rings. The minimum atomic E-state index is 0.758. The zero-order chi connectivity index (χ0) is 5.72. The molecule has 2 fully saturated rings. The lowest BCUT2D eigenvalue weighted by atomic mass is 9.47. The molecule has 4 atom stereocenters. The van der Waals surface area contributed by atoms with E-state index in [4.69, 9.17) is 0 Å². The van der Waals surface area contributed by atoms with Crippen molar-refractivity contribution in [2.75, 3.05) is 0 Å². The molecule has 2 saturated carbocycles. The summed E-state index contributed by atoms with van der Waals surface area (Å²) in [5.41, 5.74) is 0. The first-order valence-electron chi connectivity index (χ1n) is 3.49. The van der Waals surface area contributed by atoms with E-state index in [0.717, 1.165) is 22.9 Å². The summed E-state index contributed by atoms with van der Waals surface area (Å²) in [6, 6.07) is 0. The van der Waals surface area contributed by atoms with Crippen molar-refractivity contribution >= 4 is 20.5 Å². The van der Waals surface area contributed by atoms with Crippen LogP contribution in [0.5, 0.6) is 0 Å². The fraction of sp³-hybridized carbons (Fsp3) is 1.00. The molecule has 0 aromatic rings. The summed E-state index contributed by atoms with van der Waals surface area (Å²) in [6.07, 6.45) is 2.95. The van der Waals surface area contributed by atoms with Gasteiger partial charge in [-0.15, -0.1) is 0 Å². The van der Waals surface area contributed by atoms with Crippen molar-refractivity contribution in [2.24, 2.45) is 11.8 Å². The van der Waals surface area contributed by atoms with E-state index < -0.39 is 0 Å². The van der Waals surface area contributed by atoms with Crippen molar-refractivity contribution in [1.29, 1.82) is 0 Å². The number of hydrogen-bond acceptors (Lipinski definition) is 1. The molecule has 0 bridgehead atoms. The van der Waals surface area contributed by atoms with Crippen LogP contribution in [0.3, 0.4) is 0 Å². The van der Waals surface area contributed by atoms with Gasteiger partial charge in [0.1, 0.15) is 7.85 Å². The van der Waals surface area contributed by atoms with Crippen molar-refractivity contribution in [3.63, 3.8) is 0 Å². The van der Waals surface area contributed by atoms with Crippen molar-refractivity contribution < 1.29 is 0 Å². The third-order valence-corrected chi connectivity index (χ3v) is 3.89. The third-order valence-electron chi connectivity index (χ3n) is 3.04. The van der Waals surface area contributed by atoms with E-state index in [2.05, 4.69) is 20.5 Å². The van der Waals surface area contributed by atoms with E-state index in [1.807, 2.05) is 0 Å². The second kappa shape index (κ2) is 1.47. The van der Waals surface area contributed by atoms with Gasteiger partial charge in [-0.05, 0) is 18.3 Å². The first-order valence-corrected chi connectivity index (χ1v) is 4.00. The first-order chi connectivity index (χ1) is 3.80. The average molecular weight is 126 g/mol. The highest BCUT2D eigenvalue weighted by molar-refractivity contribution is 7.81. The number of rotatable bonds is 0. The Morgan fingerprint density at radius 3 is 2.00 bits per heavy atom. The Hall–Kier alpha value is 0.415. The molecule has 2 heteroatoms. The highest BCUT2D eigenvalue weighted by Crippen LogP contribution is 2.58. The topological polar surface area (TPSA) is 0 Å². The Bertz CT molecular complexity index is 89.1. The summed E-state index contributed by atoms with van der Waals surface area (Å²) in [4.78, 5) is 0. The van der Waals surface area contributed by atoms with Gasteiger partial charge >= 0.3 is 0 Å². The fourth-order valence-electron chi connectivity index (χ4n) is 2.13. The van der Waals surface area contributed by atoms with Crippen LogP contribution in [0.25, 0.3) is 0 Å². The van der Waals surface area contributed by atoms with Gasteiger partial charge in [-0.3, -0.25) is 0 Å². The van der Waals surface area contributed by atoms with Crippen molar-refractivity contribution in [2.45, 2.75) is 23.9 Å². The summed E-state index contributed by atoms with van der Waals surface area (Å²) in [6.45, 7) is 0. The largest absolute Gasteiger partial charge is 0.176 e. The van der Waals surface area contributed by atoms with Crippen LogP contribution in [0.15, 0.2) is 0 Å². The lowest BCUT2D eigenvalue weighted by Crippen LogP contribution is -2.50. The van der Waals surface area contributed by atoms with Crippen LogP contribution < -0.4 is 0 Å². The van der Waals surface area contributed by atoms with Gasteiger partial charge in [0.25, 0.3) is 0 Å². The molecule has 2 aliphatic carbocycles. The van der Waals surface area contributed by atoms with E-state index in [0.29, 0.717) is 0 Å². The van der Waals surface area contributed by atoms with Crippen LogP contribution in [0.4, 0.5) is 0 Å². The molecule has 2 rings (SSSR count). The predicted molar refractivity (Wildman–Crippen MR) is 41.3 cm³/mol. The van der Waals surface area contributed by atoms with Gasteiger partial charge in [-0.25, -0.2) is 0 Å². The van der Waals surface area contributed by atoms with E-state index in [1.165, 1.54) is 12.8 Å². The molecule has 0 N–H and O–H groups in total. The predicted octanol–water partition coefficient (Wildman–Crippen LogP) is 0.746. The van der Waals surface area contributed by atoms with Crippen LogP contribution in [-0.2, 0) is 0 Å². The van der Waals surface area contributed by atoms with E-state index in [1.54, 1.807) is 0 Å². The van der Waals surface area contributed by atoms with Crippen LogP contribution in [0.1, 0.15) is 12.8 Å². The van der Waals surface area contributed by atoms with Crippen LogP contribution >= 0.6 is 12.6 Å². The molecule has 4 unspecified atom stereocenters. The zero-order valence-electron chi connectivity index (χ0n) is 5.17. The monoisotopic (exact) mass is 126 g/mol. The SMILES string of the molecule is BC1C(S)C2CCC12. The zero-order valence-corrected chi connectivity index (χ0v) is 6.07. The second-order valence-corrected chi connectivity index (χ2v) is 3.85. The van der Waals surface area contributed by atoms with Crippen LogP contribution in [0, 0.1) is 11.8 Å². The first kappa shape index (κ1) is 5.22. The van der Waals surface area contributed by atoms with Gasteiger partial charge in [0.05, 0.1) is 0 Å². The third kappa shape index (κ3) is 0.410. The maximum atomic E-state index is 4.49. The van der Waals surface area contributed by atoms with Gasteiger partial charge in [0.15, 0.2) is 0 Å². The number of hydrogen-bond donors (Lipinski definition) is 1. The van der Waals surface area contributed by atoms with Gasteiger partial charge in [-0.1, -0.05) is 12.2 Å². The number of thiol groups is 1. The van der Waals surface area contributed by atoms with Gasteiger partial charge in [0, 0.05) is 5.25 Å². The Labute approximate surface area is 56.9 Å². The van der Waals surface area contributed by atoms with Crippen LogP contribution in [0.2, 0.25) is 5.82 Å². The highest BCUT2D eigenvalue weighted by atomic mass is 32.1. The Morgan fingerprint density at radius 2 is 1.88 bits per heavy atom. The Balaban J connectivity index is 2.03. The molecule has 0 aliphatic heterocycles. The normalized spacial score (nSPS) is 60.6. The molecule has 0 aromatic carbocycles. The molecular weight excluding hydrogens is 115 g/mol. The molecule has 8 heavy (non-hydrogen) atoms. The Kier molecular flexibility index (Phi) is 0.958. The number of fused-ring (bicyclic) bond motifs is 1. The van der Waals surface area contributed by atoms with E-state index in [-0.39, 0.29) is 0 Å². The summed E-state index contributed by atoms with van der Waals surface area (Å²) in [5.74, 6) is 3.03. The molecule has 0 saturated heterocycles. The fourth-order valence-corrected chi connectivity index (χ4v) is 2.72. The molecule has 44 valence electrons. The van der Waals surface area contributed by atoms with E-state index >= 15 is 0 Å². The smallest absolute Gasteiger partial charge is 0.107 e. The molecule has 0 amide bonds. The standard InChI is InChI=1S/C6H11BS/c7-5-3-1-2-4(3)6(5)8/h3-6,8H,1-2,7H2. The quantitative estimate of drug-likeness (QED) is 0.359. The van der Waals surface area contributed by atoms with Gasteiger partial charge in [0.2, 0.25) is 0 Å². The van der Waals surface area contributed by atoms with E-state index in [9.17, 15) is 0 Å². The average Bonchev–Trinajstić information content (AvgIpc) is 1.64. The maximum absolute atomic E-state index is 4.49. The van der Waals surface area contributed by atoms with Gasteiger partial charge in [-0.2, -0.15) is 12.6 Å². The molecule has 0 heterocycles. The van der Waals surface area contributed by atoms with Crippen LogP contribution in [-0.4, -0.2) is 13.1 Å². The highest BCUT2D eigenvalue weighted by Gasteiger charge is 2.50. The van der Waals surface area contributed by atoms with Crippen molar-refractivity contribution in [3.8, 4) is 0 Å². The minimum absolute atomic E-state index is 0.758.